The van der Waals surface area contributed by atoms with Crippen molar-refractivity contribution in [1.82, 2.24) is 29.4 Å². The number of hydrogen-bond donors (Lipinski definition) is 3. The number of aliphatic hydroxyl groups excluding tert-OH is 2. The lowest BCUT2D eigenvalue weighted by Crippen LogP contribution is -2.34. The van der Waals surface area contributed by atoms with E-state index in [-0.39, 0.29) is 36.3 Å². The van der Waals surface area contributed by atoms with Crippen molar-refractivity contribution >= 4 is 23.8 Å². The Morgan fingerprint density at radius 2 is 1.32 bits per heavy atom. The van der Waals surface area contributed by atoms with E-state index in [0.29, 0.717) is 64.8 Å². The summed E-state index contributed by atoms with van der Waals surface area (Å²) in [5.74, 6) is -0.627. The molecule has 2 fully saturated rings. The fourth-order valence-corrected chi connectivity index (χ4v) is 8.00. The molecule has 4 heterocycles. The van der Waals surface area contributed by atoms with Gasteiger partial charge in [0.05, 0.1) is 44.2 Å². The molecule has 4 aromatic rings. The van der Waals surface area contributed by atoms with Gasteiger partial charge in [-0.3, -0.25) is 28.5 Å². The summed E-state index contributed by atoms with van der Waals surface area (Å²) in [4.78, 5) is 50.3. The number of carbonyl (C=O) groups is 4. The average molecular weight is 853 g/mol. The summed E-state index contributed by atoms with van der Waals surface area (Å²) < 4.78 is 8.57. The number of amides is 2. The van der Waals surface area contributed by atoms with Crippen LogP contribution in [0.5, 0.6) is 0 Å². The van der Waals surface area contributed by atoms with Gasteiger partial charge < -0.3 is 29.9 Å². The van der Waals surface area contributed by atoms with Gasteiger partial charge in [0.1, 0.15) is 6.10 Å². The lowest BCUT2D eigenvalue weighted by Gasteiger charge is -2.25. The Labute approximate surface area is 365 Å². The summed E-state index contributed by atoms with van der Waals surface area (Å²) in [7, 11) is 0. The van der Waals surface area contributed by atoms with Crippen molar-refractivity contribution in [2.24, 2.45) is 0 Å². The molecule has 62 heavy (non-hydrogen) atoms. The Morgan fingerprint density at radius 1 is 0.758 bits per heavy atom. The summed E-state index contributed by atoms with van der Waals surface area (Å²) >= 11 is 0. The molecular weight excluding hydrogens is 789 g/mol. The maximum absolute atomic E-state index is 12.3. The molecule has 2 aromatic carbocycles. The minimum absolute atomic E-state index is 0.0240. The lowest BCUT2D eigenvalue weighted by atomic mass is 10.0. The van der Waals surface area contributed by atoms with E-state index in [1.54, 1.807) is 30.1 Å². The minimum atomic E-state index is -0.772. The summed E-state index contributed by atoms with van der Waals surface area (Å²) in [6, 6.07) is 20.3. The standard InChI is InChI=1S/C24H31N3O4.C24H33N3O4/c1-2-31-24(30)10-6-7-15-27-21(12-14-23(27)29)11-13-22(28)20-16-25-26(18-20)17-19-8-4-3-5-9-19;28-22(20-16-25-26(18-20)17-19-8-4-3-5-9-19)13-11-21-12-14-23(29)27(21)15-7-2-1-6-10-24(30)31/h3-5,8-9,11,13,16,18,21-22,28H,2,6-7,10,12,14-15,17H2,1H3;3-5,8-9,16,18,21-22,28H,1-2,6-7,10-15,17H2,(H,30,31)/b13-11+;/t2*21-,22?/m00/s1. The number of esters is 1. The highest BCUT2D eigenvalue weighted by atomic mass is 16.5. The Balaban J connectivity index is 0.000000234. The topological polar surface area (TPSA) is 180 Å². The monoisotopic (exact) mass is 852 g/mol. The number of carbonyl (C=O) groups excluding carboxylic acids is 3. The van der Waals surface area contributed by atoms with E-state index in [2.05, 4.69) is 22.3 Å². The van der Waals surface area contributed by atoms with Crippen molar-refractivity contribution in [2.45, 2.75) is 134 Å². The van der Waals surface area contributed by atoms with Crippen LogP contribution in [0, 0.1) is 0 Å². The third-order valence-electron chi connectivity index (χ3n) is 11.4. The maximum atomic E-state index is 12.3. The largest absolute Gasteiger partial charge is 0.481 e. The van der Waals surface area contributed by atoms with Crippen LogP contribution in [-0.2, 0) is 37.0 Å². The second-order valence-corrected chi connectivity index (χ2v) is 16.1. The molecule has 6 rings (SSSR count). The predicted octanol–water partition coefficient (Wildman–Crippen LogP) is 7.02. The molecule has 2 amide bonds. The van der Waals surface area contributed by atoms with Gasteiger partial charge in [0.25, 0.3) is 0 Å². The zero-order chi connectivity index (χ0) is 44.1. The number of carboxylic acids is 1. The van der Waals surface area contributed by atoms with Crippen molar-refractivity contribution < 1.29 is 39.2 Å². The number of nitrogens with zero attached hydrogens (tertiary/aromatic N) is 6. The highest BCUT2D eigenvalue weighted by Gasteiger charge is 2.31. The van der Waals surface area contributed by atoms with E-state index in [1.807, 2.05) is 81.5 Å². The van der Waals surface area contributed by atoms with Gasteiger partial charge in [0.15, 0.2) is 0 Å². The number of unbranched alkanes of at least 4 members (excludes halogenated alkanes) is 4. The second-order valence-electron chi connectivity index (χ2n) is 16.1. The van der Waals surface area contributed by atoms with Crippen LogP contribution in [0.15, 0.2) is 97.6 Å². The van der Waals surface area contributed by atoms with E-state index in [1.165, 1.54) is 0 Å². The first-order chi connectivity index (χ1) is 30.1. The number of rotatable bonds is 24. The summed E-state index contributed by atoms with van der Waals surface area (Å²) in [5.41, 5.74) is 3.84. The summed E-state index contributed by atoms with van der Waals surface area (Å²) in [6.45, 7) is 4.84. The molecule has 2 aliphatic heterocycles. The molecule has 0 radical (unpaired) electrons. The molecule has 0 saturated carbocycles. The number of aromatic nitrogens is 4. The smallest absolute Gasteiger partial charge is 0.305 e. The zero-order valence-electron chi connectivity index (χ0n) is 36.0. The molecule has 334 valence electrons. The first kappa shape index (κ1) is 47.4. The highest BCUT2D eigenvalue weighted by Crippen LogP contribution is 2.28. The van der Waals surface area contributed by atoms with Crippen LogP contribution >= 0.6 is 0 Å². The first-order valence-corrected chi connectivity index (χ1v) is 22.2. The van der Waals surface area contributed by atoms with Crippen molar-refractivity contribution in [3.05, 3.63) is 120 Å². The molecule has 14 nitrogen and oxygen atoms in total. The van der Waals surface area contributed by atoms with Crippen LogP contribution in [0.2, 0.25) is 0 Å². The van der Waals surface area contributed by atoms with Crippen LogP contribution in [0.25, 0.3) is 0 Å². The molecule has 3 N–H and O–H groups in total. The fraction of sp³-hybridized carbons (Fsp3) is 0.500. The zero-order valence-corrected chi connectivity index (χ0v) is 36.0. The first-order valence-electron chi connectivity index (χ1n) is 22.2. The van der Waals surface area contributed by atoms with E-state index in [0.717, 1.165) is 73.7 Å². The second kappa shape index (κ2) is 25.4. The van der Waals surface area contributed by atoms with Crippen LogP contribution in [0.4, 0.5) is 0 Å². The van der Waals surface area contributed by atoms with E-state index in [4.69, 9.17) is 9.84 Å². The Hall–Kier alpha value is -5.60. The van der Waals surface area contributed by atoms with Gasteiger partial charge in [-0.05, 0) is 69.4 Å². The number of ether oxygens (including phenoxy) is 1. The number of likely N-dealkylation sites (tertiary alicyclic amines) is 2. The van der Waals surface area contributed by atoms with Gasteiger partial charge in [0.2, 0.25) is 11.8 Å². The van der Waals surface area contributed by atoms with E-state index in [9.17, 15) is 29.4 Å². The molecule has 4 atom stereocenters. The van der Waals surface area contributed by atoms with Gasteiger partial charge in [-0.15, -0.1) is 0 Å². The molecule has 2 saturated heterocycles. The fourth-order valence-electron chi connectivity index (χ4n) is 8.00. The number of aliphatic carboxylic acids is 1. The van der Waals surface area contributed by atoms with Gasteiger partial charge in [-0.25, -0.2) is 0 Å². The Kier molecular flexibility index (Phi) is 19.4. The van der Waals surface area contributed by atoms with Gasteiger partial charge in [0, 0.05) is 68.3 Å². The SMILES string of the molecule is CCOC(=O)CCCCN1C(=O)CC[C@@H]1/C=C/C(O)c1cnn(Cc2ccccc2)c1.O=C(O)CCCCCCN1C(=O)CC[C@@H]1CCC(O)c1cnn(Cc2ccccc2)c1. The predicted molar refractivity (Wildman–Crippen MR) is 235 cm³/mol. The van der Waals surface area contributed by atoms with Crippen molar-refractivity contribution in [3.63, 3.8) is 0 Å². The molecule has 2 unspecified atom stereocenters. The molecular formula is C48H64N6O8. The third kappa shape index (κ3) is 15.7. The van der Waals surface area contributed by atoms with Crippen LogP contribution in [0.1, 0.15) is 131 Å². The van der Waals surface area contributed by atoms with Crippen LogP contribution < -0.4 is 0 Å². The van der Waals surface area contributed by atoms with E-state index >= 15 is 0 Å². The number of benzene rings is 2. The summed E-state index contributed by atoms with van der Waals surface area (Å²) in [5, 5.41) is 38.6. The average Bonchev–Trinajstić information content (AvgIpc) is 4.08. The normalized spacial score (nSPS) is 17.3. The number of aliphatic hydroxyl groups is 2. The molecule has 0 aliphatic carbocycles. The molecule has 14 heteroatoms. The van der Waals surface area contributed by atoms with Crippen LogP contribution in [-0.4, -0.2) is 100 Å². The minimum Gasteiger partial charge on any atom is -0.481 e. The quantitative estimate of drug-likeness (QED) is 0.0377. The van der Waals surface area contributed by atoms with Gasteiger partial charge in [-0.1, -0.05) is 85.7 Å². The van der Waals surface area contributed by atoms with Gasteiger partial charge >= 0.3 is 11.9 Å². The van der Waals surface area contributed by atoms with Crippen molar-refractivity contribution in [1.29, 1.82) is 0 Å². The lowest BCUT2D eigenvalue weighted by molar-refractivity contribution is -0.143. The number of carboxylic acid groups (broad SMARTS) is 1. The molecule has 2 aromatic heterocycles. The Morgan fingerprint density at radius 3 is 1.98 bits per heavy atom. The Bertz CT molecular complexity index is 2000. The molecule has 0 spiro atoms. The number of hydrogen-bond acceptors (Lipinski definition) is 9. The third-order valence-corrected chi connectivity index (χ3v) is 11.4. The highest BCUT2D eigenvalue weighted by molar-refractivity contribution is 5.79. The van der Waals surface area contributed by atoms with E-state index < -0.39 is 18.2 Å². The molecule has 0 bridgehead atoms. The molecule has 2 aliphatic rings. The maximum Gasteiger partial charge on any atom is 0.305 e. The van der Waals surface area contributed by atoms with Crippen molar-refractivity contribution in [2.75, 3.05) is 19.7 Å². The van der Waals surface area contributed by atoms with Gasteiger partial charge in [-0.2, -0.15) is 10.2 Å². The summed E-state index contributed by atoms with van der Waals surface area (Å²) in [6.07, 6.45) is 18.9. The van der Waals surface area contributed by atoms with Crippen LogP contribution in [0.3, 0.4) is 0 Å². The van der Waals surface area contributed by atoms with Crippen molar-refractivity contribution in [3.8, 4) is 0 Å².